The van der Waals surface area contributed by atoms with Gasteiger partial charge in [0.25, 0.3) is 5.91 Å². The van der Waals surface area contributed by atoms with Crippen molar-refractivity contribution in [1.29, 1.82) is 0 Å². The lowest BCUT2D eigenvalue weighted by molar-refractivity contribution is 0.0595. The molecule has 1 saturated heterocycles. The Morgan fingerprint density at radius 3 is 2.16 bits per heavy atom. The minimum absolute atomic E-state index is 0.0920. The highest BCUT2D eigenvalue weighted by atomic mass is 19.1. The van der Waals surface area contributed by atoms with E-state index in [0.29, 0.717) is 31.0 Å². The molecule has 0 aromatic heterocycles. The summed E-state index contributed by atoms with van der Waals surface area (Å²) in [7, 11) is 0. The van der Waals surface area contributed by atoms with E-state index in [4.69, 9.17) is 4.74 Å². The second-order valence-electron chi connectivity index (χ2n) is 9.77. The molecule has 1 amide bonds. The van der Waals surface area contributed by atoms with Crippen LogP contribution in [-0.4, -0.2) is 73.0 Å². The molecule has 6 heteroatoms. The van der Waals surface area contributed by atoms with E-state index in [1.807, 2.05) is 4.90 Å². The van der Waals surface area contributed by atoms with Crippen LogP contribution in [0.15, 0.2) is 66.7 Å². The Hall–Kier alpha value is -3.22. The molecule has 0 radical (unpaired) electrons. The number of carbonyl (C=O) groups is 1. The molecule has 37 heavy (non-hydrogen) atoms. The van der Waals surface area contributed by atoms with E-state index in [2.05, 4.69) is 72.2 Å². The van der Waals surface area contributed by atoms with Gasteiger partial charge >= 0.3 is 0 Å². The van der Waals surface area contributed by atoms with Gasteiger partial charge in [0.05, 0.1) is 18.2 Å². The van der Waals surface area contributed by atoms with Crippen molar-refractivity contribution in [1.82, 2.24) is 14.7 Å². The van der Waals surface area contributed by atoms with E-state index >= 15 is 0 Å². The van der Waals surface area contributed by atoms with E-state index in [1.165, 1.54) is 34.4 Å². The van der Waals surface area contributed by atoms with Gasteiger partial charge in [-0.3, -0.25) is 9.69 Å². The SMILES string of the molecule is CCN(CC)CCCOc1cc(F)ccc1C(=O)N1CCN(C2c3ccccc3-c3ccccc32)CC1. The second-order valence-corrected chi connectivity index (χ2v) is 9.77. The average molecular weight is 502 g/mol. The third kappa shape index (κ3) is 5.27. The van der Waals surface area contributed by atoms with Crippen LogP contribution < -0.4 is 4.74 Å². The molecule has 0 spiro atoms. The van der Waals surface area contributed by atoms with Crippen LogP contribution in [-0.2, 0) is 0 Å². The van der Waals surface area contributed by atoms with E-state index in [1.54, 1.807) is 6.07 Å². The summed E-state index contributed by atoms with van der Waals surface area (Å²) in [5.41, 5.74) is 5.71. The van der Waals surface area contributed by atoms with Gasteiger partial charge in [-0.15, -0.1) is 0 Å². The predicted molar refractivity (Wildman–Crippen MR) is 145 cm³/mol. The number of hydrogen-bond acceptors (Lipinski definition) is 4. The molecule has 1 aliphatic heterocycles. The Kier molecular flexibility index (Phi) is 7.87. The van der Waals surface area contributed by atoms with E-state index in [-0.39, 0.29) is 11.9 Å². The highest BCUT2D eigenvalue weighted by Crippen LogP contribution is 2.46. The highest BCUT2D eigenvalue weighted by Gasteiger charge is 2.35. The third-order valence-electron chi connectivity index (χ3n) is 7.71. The summed E-state index contributed by atoms with van der Waals surface area (Å²) in [4.78, 5) is 20.2. The normalized spacial score (nSPS) is 15.6. The summed E-state index contributed by atoms with van der Waals surface area (Å²) in [6, 6.07) is 21.7. The summed E-state index contributed by atoms with van der Waals surface area (Å²) in [6.07, 6.45) is 0.828. The first kappa shape index (κ1) is 25.4. The zero-order valence-electron chi connectivity index (χ0n) is 21.8. The number of fused-ring (bicyclic) bond motifs is 3. The van der Waals surface area contributed by atoms with Gasteiger partial charge < -0.3 is 14.5 Å². The molecule has 0 bridgehead atoms. The van der Waals surface area contributed by atoms with Crippen LogP contribution in [0, 0.1) is 5.82 Å². The molecule has 5 rings (SSSR count). The maximum absolute atomic E-state index is 14.0. The molecule has 1 aliphatic carbocycles. The fraction of sp³-hybridized carbons (Fsp3) is 0.387. The summed E-state index contributed by atoms with van der Waals surface area (Å²) in [5.74, 6) is -0.144. The van der Waals surface area contributed by atoms with E-state index in [9.17, 15) is 9.18 Å². The zero-order valence-corrected chi connectivity index (χ0v) is 21.8. The number of piperazine rings is 1. The molecule has 1 heterocycles. The maximum Gasteiger partial charge on any atom is 0.257 e. The van der Waals surface area contributed by atoms with Crippen LogP contribution in [0.5, 0.6) is 5.75 Å². The first-order chi connectivity index (χ1) is 18.1. The highest BCUT2D eigenvalue weighted by molar-refractivity contribution is 5.97. The Labute approximate surface area is 219 Å². The molecule has 5 nitrogen and oxygen atoms in total. The van der Waals surface area contributed by atoms with Crippen molar-refractivity contribution in [2.75, 3.05) is 52.4 Å². The molecule has 1 fully saturated rings. The fourth-order valence-corrected chi connectivity index (χ4v) is 5.68. The molecule has 0 atom stereocenters. The standard InChI is InChI=1S/C31H36FN3O2/c1-3-33(4-2)16-9-21-37-29-22-23(32)14-15-28(29)31(36)35-19-17-34(18-20-35)30-26-12-7-5-10-24(26)25-11-6-8-13-27(25)30/h5-8,10-15,22,30H,3-4,9,16-21H2,1-2H3. The van der Waals surface area contributed by atoms with Crippen molar-refractivity contribution < 1.29 is 13.9 Å². The molecule has 3 aromatic carbocycles. The molecular weight excluding hydrogens is 465 g/mol. The lowest BCUT2D eigenvalue weighted by Crippen LogP contribution is -2.49. The molecule has 0 unspecified atom stereocenters. The van der Waals surface area contributed by atoms with Gasteiger partial charge in [-0.1, -0.05) is 62.4 Å². The van der Waals surface area contributed by atoms with E-state index < -0.39 is 5.82 Å². The minimum Gasteiger partial charge on any atom is -0.493 e. The van der Waals surface area contributed by atoms with Gasteiger partial charge in [-0.2, -0.15) is 0 Å². The van der Waals surface area contributed by atoms with Crippen LogP contribution >= 0.6 is 0 Å². The van der Waals surface area contributed by atoms with Gasteiger partial charge in [-0.05, 0) is 53.9 Å². The number of halogens is 1. The van der Waals surface area contributed by atoms with Crippen LogP contribution in [0.4, 0.5) is 4.39 Å². The van der Waals surface area contributed by atoms with Gasteiger partial charge in [-0.25, -0.2) is 4.39 Å². The number of benzene rings is 3. The number of rotatable bonds is 9. The van der Waals surface area contributed by atoms with Crippen molar-refractivity contribution in [3.63, 3.8) is 0 Å². The fourth-order valence-electron chi connectivity index (χ4n) is 5.68. The second kappa shape index (κ2) is 11.4. The summed E-state index contributed by atoms with van der Waals surface area (Å²) < 4.78 is 20.0. The molecule has 194 valence electrons. The average Bonchev–Trinajstić information content (AvgIpc) is 3.27. The van der Waals surface area contributed by atoms with Crippen molar-refractivity contribution >= 4 is 5.91 Å². The number of amides is 1. The van der Waals surface area contributed by atoms with E-state index in [0.717, 1.165) is 39.1 Å². The largest absolute Gasteiger partial charge is 0.493 e. The number of nitrogens with zero attached hydrogens (tertiary/aromatic N) is 3. The zero-order chi connectivity index (χ0) is 25.8. The topological polar surface area (TPSA) is 36.0 Å². The smallest absolute Gasteiger partial charge is 0.257 e. The molecule has 0 N–H and O–H groups in total. The summed E-state index contributed by atoms with van der Waals surface area (Å²) in [5, 5.41) is 0. The van der Waals surface area contributed by atoms with Gasteiger partial charge in [0.2, 0.25) is 0 Å². The van der Waals surface area contributed by atoms with Crippen LogP contribution in [0.1, 0.15) is 47.8 Å². The van der Waals surface area contributed by atoms with Crippen molar-refractivity contribution in [2.45, 2.75) is 26.3 Å². The number of hydrogen-bond donors (Lipinski definition) is 0. The molecular formula is C31H36FN3O2. The third-order valence-corrected chi connectivity index (χ3v) is 7.71. The van der Waals surface area contributed by atoms with Gasteiger partial charge in [0.15, 0.2) is 0 Å². The van der Waals surface area contributed by atoms with Crippen molar-refractivity contribution in [2.24, 2.45) is 0 Å². The first-order valence-electron chi connectivity index (χ1n) is 13.5. The molecule has 3 aromatic rings. The summed E-state index contributed by atoms with van der Waals surface area (Å²) in [6.45, 7) is 10.4. The Morgan fingerprint density at radius 2 is 1.54 bits per heavy atom. The molecule has 0 saturated carbocycles. The monoisotopic (exact) mass is 501 g/mol. The quantitative estimate of drug-likeness (QED) is 0.365. The lowest BCUT2D eigenvalue weighted by atomic mass is 10.0. The first-order valence-corrected chi connectivity index (χ1v) is 13.5. The Bertz CT molecular complexity index is 1190. The predicted octanol–water partition coefficient (Wildman–Crippen LogP) is 5.46. The number of carbonyl (C=O) groups excluding carboxylic acids is 1. The van der Waals surface area contributed by atoms with Gasteiger partial charge in [0, 0.05) is 38.8 Å². The van der Waals surface area contributed by atoms with Crippen LogP contribution in [0.25, 0.3) is 11.1 Å². The Balaban J connectivity index is 1.25. The molecule has 2 aliphatic rings. The maximum atomic E-state index is 14.0. The van der Waals surface area contributed by atoms with Crippen LogP contribution in [0.2, 0.25) is 0 Å². The van der Waals surface area contributed by atoms with Crippen molar-refractivity contribution in [3.8, 4) is 16.9 Å². The lowest BCUT2D eigenvalue weighted by Gasteiger charge is -2.39. The minimum atomic E-state index is -0.390. The number of ether oxygens (including phenoxy) is 1. The van der Waals surface area contributed by atoms with Gasteiger partial charge in [0.1, 0.15) is 11.6 Å². The van der Waals surface area contributed by atoms with Crippen molar-refractivity contribution in [3.05, 3.63) is 89.2 Å². The Morgan fingerprint density at radius 1 is 0.919 bits per heavy atom. The van der Waals surface area contributed by atoms with Crippen LogP contribution in [0.3, 0.4) is 0 Å². The summed E-state index contributed by atoms with van der Waals surface area (Å²) >= 11 is 0.